The van der Waals surface area contributed by atoms with Crippen LogP contribution in [0.5, 0.6) is 11.6 Å². The summed E-state index contributed by atoms with van der Waals surface area (Å²) in [5, 5.41) is 4.40. The largest absolute Gasteiger partial charge is 0.437 e. The fourth-order valence-corrected chi connectivity index (χ4v) is 2.10. The zero-order valence-corrected chi connectivity index (χ0v) is 12.7. The van der Waals surface area contributed by atoms with Gasteiger partial charge in [-0.15, -0.1) is 0 Å². The summed E-state index contributed by atoms with van der Waals surface area (Å²) < 4.78 is 5.62. The lowest BCUT2D eigenvalue weighted by atomic mass is 10.3. The van der Waals surface area contributed by atoms with E-state index in [1.54, 1.807) is 24.4 Å². The van der Waals surface area contributed by atoms with Crippen molar-refractivity contribution in [1.29, 1.82) is 0 Å². The van der Waals surface area contributed by atoms with Gasteiger partial charge in [0, 0.05) is 17.8 Å². The van der Waals surface area contributed by atoms with Crippen LogP contribution in [0.2, 0.25) is 10.0 Å². The molecule has 1 heterocycles. The third-order valence-electron chi connectivity index (χ3n) is 2.63. The Kier molecular flexibility index (Phi) is 5.65. The fourth-order valence-electron chi connectivity index (χ4n) is 1.69. The summed E-state index contributed by atoms with van der Waals surface area (Å²) in [5.41, 5.74) is 1.03. The number of hydrogen-bond donors (Lipinski definition) is 1. The summed E-state index contributed by atoms with van der Waals surface area (Å²) in [5.74, 6) is 0.997. The van der Waals surface area contributed by atoms with Gasteiger partial charge in [-0.2, -0.15) is 0 Å². The molecule has 5 heteroatoms. The minimum Gasteiger partial charge on any atom is -0.437 e. The van der Waals surface area contributed by atoms with Crippen LogP contribution in [0.15, 0.2) is 36.5 Å². The summed E-state index contributed by atoms with van der Waals surface area (Å²) in [6, 6.07) is 8.98. The molecule has 3 nitrogen and oxygen atoms in total. The molecule has 0 saturated carbocycles. The Morgan fingerprint density at radius 1 is 1.25 bits per heavy atom. The van der Waals surface area contributed by atoms with Gasteiger partial charge in [-0.1, -0.05) is 36.2 Å². The molecule has 0 saturated heterocycles. The minimum absolute atomic E-state index is 0.383. The van der Waals surface area contributed by atoms with E-state index in [-0.39, 0.29) is 0 Å². The Morgan fingerprint density at radius 2 is 2.10 bits per heavy atom. The zero-order chi connectivity index (χ0) is 14.4. The second-order valence-electron chi connectivity index (χ2n) is 4.37. The molecule has 0 atom stereocenters. The Balaban J connectivity index is 2.06. The highest BCUT2D eigenvalue weighted by atomic mass is 35.5. The van der Waals surface area contributed by atoms with Gasteiger partial charge in [-0.05, 0) is 42.8 Å². The predicted molar refractivity (Wildman–Crippen MR) is 82.8 cm³/mol. The maximum atomic E-state index is 6.18. The normalized spacial score (nSPS) is 10.6. The third-order valence-corrected chi connectivity index (χ3v) is 3.14. The highest BCUT2D eigenvalue weighted by molar-refractivity contribution is 6.32. The molecule has 0 aliphatic rings. The molecule has 1 aromatic heterocycles. The van der Waals surface area contributed by atoms with Gasteiger partial charge < -0.3 is 10.1 Å². The van der Waals surface area contributed by atoms with Gasteiger partial charge in [0.25, 0.3) is 0 Å². The van der Waals surface area contributed by atoms with Crippen LogP contribution in [0, 0.1) is 0 Å². The molecule has 0 radical (unpaired) electrons. The SMILES string of the molecule is CCCNCc1cnc(Oc2cccc(Cl)c2)c(Cl)c1. The quantitative estimate of drug-likeness (QED) is 0.787. The fraction of sp³-hybridized carbons (Fsp3) is 0.267. The van der Waals surface area contributed by atoms with E-state index in [2.05, 4.69) is 17.2 Å². The molecular weight excluding hydrogens is 295 g/mol. The van der Waals surface area contributed by atoms with Gasteiger partial charge in [0.05, 0.1) is 0 Å². The summed E-state index contributed by atoms with van der Waals surface area (Å²) in [6.07, 6.45) is 2.85. The summed E-state index contributed by atoms with van der Waals surface area (Å²) in [4.78, 5) is 4.24. The van der Waals surface area contributed by atoms with Crippen LogP contribution in [0.1, 0.15) is 18.9 Å². The van der Waals surface area contributed by atoms with E-state index in [9.17, 15) is 0 Å². The number of ether oxygens (including phenoxy) is 1. The van der Waals surface area contributed by atoms with Crippen LogP contribution in [0.25, 0.3) is 0 Å². The van der Waals surface area contributed by atoms with E-state index in [1.165, 1.54) is 0 Å². The molecular formula is C15H16Cl2N2O. The first-order valence-electron chi connectivity index (χ1n) is 6.47. The van der Waals surface area contributed by atoms with Crippen LogP contribution in [0.4, 0.5) is 0 Å². The number of halogens is 2. The summed E-state index contributed by atoms with van der Waals surface area (Å²) in [6.45, 7) is 3.84. The number of nitrogens with zero attached hydrogens (tertiary/aromatic N) is 1. The second-order valence-corrected chi connectivity index (χ2v) is 5.21. The van der Waals surface area contributed by atoms with E-state index in [0.717, 1.165) is 25.1 Å². The highest BCUT2D eigenvalue weighted by Gasteiger charge is 2.06. The topological polar surface area (TPSA) is 34.2 Å². The number of aromatic nitrogens is 1. The van der Waals surface area contributed by atoms with Gasteiger partial charge in [0.15, 0.2) is 0 Å². The highest BCUT2D eigenvalue weighted by Crippen LogP contribution is 2.28. The second kappa shape index (κ2) is 7.48. The van der Waals surface area contributed by atoms with Gasteiger partial charge in [0.2, 0.25) is 5.88 Å². The van der Waals surface area contributed by atoms with Crippen molar-refractivity contribution in [2.45, 2.75) is 19.9 Å². The molecule has 1 N–H and O–H groups in total. The van der Waals surface area contributed by atoms with Crippen LogP contribution < -0.4 is 10.1 Å². The molecule has 0 aliphatic carbocycles. The van der Waals surface area contributed by atoms with E-state index in [4.69, 9.17) is 27.9 Å². The van der Waals surface area contributed by atoms with Crippen LogP contribution in [-0.4, -0.2) is 11.5 Å². The Labute approximate surface area is 128 Å². The van der Waals surface area contributed by atoms with Gasteiger partial charge in [-0.3, -0.25) is 0 Å². The van der Waals surface area contributed by atoms with Gasteiger partial charge in [0.1, 0.15) is 10.8 Å². The van der Waals surface area contributed by atoms with E-state index >= 15 is 0 Å². The van der Waals surface area contributed by atoms with Crippen molar-refractivity contribution >= 4 is 23.2 Å². The first-order valence-corrected chi connectivity index (χ1v) is 7.23. The molecule has 0 spiro atoms. The molecule has 1 aromatic carbocycles. The lowest BCUT2D eigenvalue weighted by Gasteiger charge is -2.09. The summed E-state index contributed by atoms with van der Waals surface area (Å²) >= 11 is 12.1. The summed E-state index contributed by atoms with van der Waals surface area (Å²) in [7, 11) is 0. The van der Waals surface area contributed by atoms with Crippen LogP contribution in [-0.2, 0) is 6.54 Å². The monoisotopic (exact) mass is 310 g/mol. The number of rotatable bonds is 6. The molecule has 0 bridgehead atoms. The molecule has 2 rings (SSSR count). The molecule has 20 heavy (non-hydrogen) atoms. The van der Waals surface area contributed by atoms with Gasteiger partial charge >= 0.3 is 0 Å². The van der Waals surface area contributed by atoms with Crippen LogP contribution in [0.3, 0.4) is 0 Å². The van der Waals surface area contributed by atoms with Gasteiger partial charge in [-0.25, -0.2) is 4.98 Å². The van der Waals surface area contributed by atoms with Crippen LogP contribution >= 0.6 is 23.2 Å². The first-order chi connectivity index (χ1) is 9.69. The Hall–Kier alpha value is -1.29. The number of nitrogens with one attached hydrogen (secondary N) is 1. The van der Waals surface area contributed by atoms with Crippen molar-refractivity contribution in [1.82, 2.24) is 10.3 Å². The predicted octanol–water partition coefficient (Wildman–Crippen LogP) is 4.68. The molecule has 0 fully saturated rings. The zero-order valence-electron chi connectivity index (χ0n) is 11.2. The molecule has 0 aliphatic heterocycles. The first kappa shape index (κ1) is 15.1. The average molecular weight is 311 g/mol. The average Bonchev–Trinajstić information content (AvgIpc) is 2.42. The number of pyridine rings is 1. The molecule has 2 aromatic rings. The van der Waals surface area contributed by atoms with E-state index in [0.29, 0.717) is 21.7 Å². The Bertz CT molecular complexity index is 576. The van der Waals surface area contributed by atoms with Crippen molar-refractivity contribution in [3.63, 3.8) is 0 Å². The molecule has 106 valence electrons. The third kappa shape index (κ3) is 4.37. The van der Waals surface area contributed by atoms with E-state index < -0.39 is 0 Å². The van der Waals surface area contributed by atoms with Crippen molar-refractivity contribution in [3.8, 4) is 11.6 Å². The van der Waals surface area contributed by atoms with Crippen molar-refractivity contribution in [3.05, 3.63) is 52.1 Å². The standard InChI is InChI=1S/C15H16Cl2N2O/c1-2-6-18-9-11-7-14(17)15(19-10-11)20-13-5-3-4-12(16)8-13/h3-5,7-8,10,18H,2,6,9H2,1H3. The smallest absolute Gasteiger partial charge is 0.238 e. The number of benzene rings is 1. The molecule has 0 unspecified atom stereocenters. The van der Waals surface area contributed by atoms with Crippen molar-refractivity contribution in [2.24, 2.45) is 0 Å². The minimum atomic E-state index is 0.383. The van der Waals surface area contributed by atoms with E-state index in [1.807, 2.05) is 12.1 Å². The number of hydrogen-bond acceptors (Lipinski definition) is 3. The maximum absolute atomic E-state index is 6.18. The van der Waals surface area contributed by atoms with Crippen molar-refractivity contribution < 1.29 is 4.74 Å². The van der Waals surface area contributed by atoms with Crippen molar-refractivity contribution in [2.75, 3.05) is 6.54 Å². The Morgan fingerprint density at radius 3 is 2.80 bits per heavy atom. The molecule has 0 amide bonds. The maximum Gasteiger partial charge on any atom is 0.238 e. The lowest BCUT2D eigenvalue weighted by Crippen LogP contribution is -2.13. The lowest BCUT2D eigenvalue weighted by molar-refractivity contribution is 0.462.